The fourth-order valence-corrected chi connectivity index (χ4v) is 2.97. The Morgan fingerprint density at radius 2 is 2.11 bits per heavy atom. The second kappa shape index (κ2) is 6.56. The van der Waals surface area contributed by atoms with Gasteiger partial charge < -0.3 is 15.0 Å². The van der Waals surface area contributed by atoms with E-state index in [9.17, 15) is 9.59 Å². The molecule has 2 heterocycles. The minimum absolute atomic E-state index is 0.0124. The van der Waals surface area contributed by atoms with Gasteiger partial charge in [0.05, 0.1) is 18.1 Å². The van der Waals surface area contributed by atoms with Gasteiger partial charge in [-0.3, -0.25) is 9.59 Å². The summed E-state index contributed by atoms with van der Waals surface area (Å²) in [6.07, 6.45) is 0. The molecule has 0 aliphatic carbocycles. The zero-order chi connectivity index (χ0) is 19.0. The lowest BCUT2D eigenvalue weighted by molar-refractivity contribution is 0.0947. The van der Waals surface area contributed by atoms with Gasteiger partial charge in [-0.15, -0.1) is 5.10 Å². The van der Waals surface area contributed by atoms with Gasteiger partial charge in [0.2, 0.25) is 0 Å². The minimum Gasteiger partial charge on any atom is -0.497 e. The van der Waals surface area contributed by atoms with Crippen LogP contribution in [-0.4, -0.2) is 32.8 Å². The highest BCUT2D eigenvalue weighted by atomic mass is 16.5. The third-order valence-electron chi connectivity index (χ3n) is 4.32. The average Bonchev–Trinajstić information content (AvgIpc) is 3.12. The van der Waals surface area contributed by atoms with Crippen LogP contribution in [0.3, 0.4) is 0 Å². The number of aryl methyl sites for hydroxylation is 1. The number of H-pyrrole nitrogens is 1. The van der Waals surface area contributed by atoms with Gasteiger partial charge in [0.1, 0.15) is 5.75 Å². The molecule has 0 unspecified atom stereocenters. The quantitative estimate of drug-likeness (QED) is 0.576. The minimum atomic E-state index is -0.468. The molecule has 4 rings (SSSR count). The molecule has 0 bridgehead atoms. The van der Waals surface area contributed by atoms with Crippen molar-refractivity contribution in [3.05, 3.63) is 69.6 Å². The molecule has 0 atom stereocenters. The number of hydrogen-bond acceptors (Lipinski definition) is 5. The number of carbonyl (C=O) groups is 1. The standard InChI is InChI=1S/C19H17N5O3/c1-11-6-7-15-14(8-11)21-19(26)17-16(22-23-24(15)17)18(25)20-10-12-4-3-5-13(9-12)27-2/h3-9H,10H2,1-2H3,(H,20,25)(H,21,26). The van der Waals surface area contributed by atoms with Crippen molar-refractivity contribution in [2.45, 2.75) is 13.5 Å². The lowest BCUT2D eigenvalue weighted by Crippen LogP contribution is -2.25. The van der Waals surface area contributed by atoms with E-state index in [1.165, 1.54) is 4.52 Å². The first-order valence-electron chi connectivity index (χ1n) is 8.36. The van der Waals surface area contributed by atoms with E-state index < -0.39 is 11.5 Å². The van der Waals surface area contributed by atoms with Gasteiger partial charge in [-0.1, -0.05) is 23.4 Å². The number of methoxy groups -OCH3 is 1. The highest BCUT2D eigenvalue weighted by Gasteiger charge is 2.19. The number of carbonyl (C=O) groups excluding carboxylic acids is 1. The summed E-state index contributed by atoms with van der Waals surface area (Å²) in [6.45, 7) is 2.21. The smallest absolute Gasteiger partial charge is 0.277 e. The van der Waals surface area contributed by atoms with E-state index in [2.05, 4.69) is 20.6 Å². The number of hydrogen-bond donors (Lipinski definition) is 2. The summed E-state index contributed by atoms with van der Waals surface area (Å²) in [5.74, 6) is 0.235. The normalized spacial score (nSPS) is 11.0. The number of nitrogens with one attached hydrogen (secondary N) is 2. The van der Waals surface area contributed by atoms with Gasteiger partial charge >= 0.3 is 0 Å². The summed E-state index contributed by atoms with van der Waals surface area (Å²) < 4.78 is 6.57. The molecule has 136 valence electrons. The molecule has 0 spiro atoms. The zero-order valence-electron chi connectivity index (χ0n) is 14.8. The van der Waals surface area contributed by atoms with Crippen LogP contribution in [-0.2, 0) is 6.54 Å². The lowest BCUT2D eigenvalue weighted by Gasteiger charge is -2.06. The maximum atomic E-state index is 12.6. The van der Waals surface area contributed by atoms with Crippen LogP contribution in [0.4, 0.5) is 0 Å². The Balaban J connectivity index is 1.68. The third-order valence-corrected chi connectivity index (χ3v) is 4.32. The van der Waals surface area contributed by atoms with Gasteiger partial charge in [0.15, 0.2) is 11.2 Å². The maximum absolute atomic E-state index is 12.6. The molecule has 0 saturated carbocycles. The van der Waals surface area contributed by atoms with Crippen molar-refractivity contribution in [1.29, 1.82) is 0 Å². The van der Waals surface area contributed by atoms with Crippen LogP contribution >= 0.6 is 0 Å². The Morgan fingerprint density at radius 3 is 2.93 bits per heavy atom. The van der Waals surface area contributed by atoms with Crippen molar-refractivity contribution >= 4 is 22.5 Å². The van der Waals surface area contributed by atoms with Crippen molar-refractivity contribution in [3.8, 4) is 5.75 Å². The Kier molecular flexibility index (Phi) is 4.08. The predicted octanol–water partition coefficient (Wildman–Crippen LogP) is 1.82. The van der Waals surface area contributed by atoms with Crippen molar-refractivity contribution in [2.75, 3.05) is 7.11 Å². The number of rotatable bonds is 4. The molecule has 0 fully saturated rings. The molecule has 2 aromatic carbocycles. The first kappa shape index (κ1) is 16.8. The van der Waals surface area contributed by atoms with Crippen molar-refractivity contribution in [1.82, 2.24) is 25.1 Å². The second-order valence-electron chi connectivity index (χ2n) is 6.21. The summed E-state index contributed by atoms with van der Waals surface area (Å²) in [6, 6.07) is 12.9. The van der Waals surface area contributed by atoms with Crippen LogP contribution in [0.25, 0.3) is 16.6 Å². The van der Waals surface area contributed by atoms with E-state index in [0.717, 1.165) is 11.1 Å². The summed E-state index contributed by atoms with van der Waals surface area (Å²) in [4.78, 5) is 27.9. The van der Waals surface area contributed by atoms with Crippen LogP contribution in [0.1, 0.15) is 21.6 Å². The number of benzene rings is 2. The number of fused-ring (bicyclic) bond motifs is 3. The van der Waals surface area contributed by atoms with Gasteiger partial charge in [-0.2, -0.15) is 0 Å². The molecular weight excluding hydrogens is 346 g/mol. The number of aromatic amines is 1. The number of nitrogens with zero attached hydrogens (tertiary/aromatic N) is 3. The van der Waals surface area contributed by atoms with Crippen LogP contribution in [0.2, 0.25) is 0 Å². The Morgan fingerprint density at radius 1 is 1.26 bits per heavy atom. The first-order valence-corrected chi connectivity index (χ1v) is 8.36. The van der Waals surface area contributed by atoms with E-state index in [-0.39, 0.29) is 17.8 Å². The molecule has 0 radical (unpaired) electrons. The summed E-state index contributed by atoms with van der Waals surface area (Å²) in [5.41, 5.74) is 2.89. The molecule has 2 aromatic heterocycles. The molecule has 0 aliphatic heterocycles. The summed E-state index contributed by atoms with van der Waals surface area (Å²) in [5, 5.41) is 10.7. The topological polar surface area (TPSA) is 101 Å². The van der Waals surface area contributed by atoms with Gasteiger partial charge in [0.25, 0.3) is 11.5 Å². The third kappa shape index (κ3) is 3.01. The van der Waals surface area contributed by atoms with Crippen LogP contribution in [0.5, 0.6) is 5.75 Å². The number of ether oxygens (including phenoxy) is 1. The number of aromatic nitrogens is 4. The van der Waals surface area contributed by atoms with Gasteiger partial charge in [-0.25, -0.2) is 4.52 Å². The van der Waals surface area contributed by atoms with Gasteiger partial charge in [0, 0.05) is 6.54 Å². The highest BCUT2D eigenvalue weighted by Crippen LogP contribution is 2.15. The zero-order valence-corrected chi connectivity index (χ0v) is 14.8. The molecule has 2 N–H and O–H groups in total. The number of amides is 1. The van der Waals surface area contributed by atoms with Crippen LogP contribution in [0.15, 0.2) is 47.3 Å². The van der Waals surface area contributed by atoms with E-state index in [1.54, 1.807) is 7.11 Å². The molecule has 27 heavy (non-hydrogen) atoms. The molecule has 8 nitrogen and oxygen atoms in total. The van der Waals surface area contributed by atoms with E-state index in [0.29, 0.717) is 16.8 Å². The van der Waals surface area contributed by atoms with E-state index >= 15 is 0 Å². The van der Waals surface area contributed by atoms with Crippen LogP contribution < -0.4 is 15.6 Å². The van der Waals surface area contributed by atoms with E-state index in [4.69, 9.17) is 4.74 Å². The molecule has 1 amide bonds. The fourth-order valence-electron chi connectivity index (χ4n) is 2.97. The monoisotopic (exact) mass is 363 g/mol. The van der Waals surface area contributed by atoms with E-state index in [1.807, 2.05) is 49.4 Å². The summed E-state index contributed by atoms with van der Waals surface area (Å²) >= 11 is 0. The Labute approximate surface area is 153 Å². The van der Waals surface area contributed by atoms with Crippen molar-refractivity contribution in [3.63, 3.8) is 0 Å². The molecule has 0 saturated heterocycles. The Hall–Kier alpha value is -3.68. The van der Waals surface area contributed by atoms with Crippen molar-refractivity contribution in [2.24, 2.45) is 0 Å². The van der Waals surface area contributed by atoms with Crippen LogP contribution in [0, 0.1) is 6.92 Å². The molecule has 4 aromatic rings. The molecular formula is C19H17N5O3. The summed E-state index contributed by atoms with van der Waals surface area (Å²) in [7, 11) is 1.58. The van der Waals surface area contributed by atoms with Crippen molar-refractivity contribution < 1.29 is 9.53 Å². The first-order chi connectivity index (χ1) is 13.1. The highest BCUT2D eigenvalue weighted by molar-refractivity contribution is 5.99. The SMILES string of the molecule is COc1cccc(CNC(=O)c2nnn3c2c(=O)[nH]c2cc(C)ccc23)c1. The largest absolute Gasteiger partial charge is 0.497 e. The molecule has 0 aliphatic rings. The maximum Gasteiger partial charge on any atom is 0.277 e. The predicted molar refractivity (Wildman–Crippen MR) is 100 cm³/mol. The average molecular weight is 363 g/mol. The Bertz CT molecular complexity index is 1230. The second-order valence-corrected chi connectivity index (χ2v) is 6.21. The fraction of sp³-hybridized carbons (Fsp3) is 0.158. The van der Waals surface area contributed by atoms with Gasteiger partial charge in [-0.05, 0) is 42.3 Å². The molecule has 8 heteroatoms. The lowest BCUT2D eigenvalue weighted by atomic mass is 10.2.